The van der Waals surface area contributed by atoms with Crippen molar-refractivity contribution in [2.45, 2.75) is 52.4 Å². The number of halogens is 3. The van der Waals surface area contributed by atoms with Gasteiger partial charge in [0.2, 0.25) is 5.60 Å². The van der Waals surface area contributed by atoms with Gasteiger partial charge in [-0.05, 0) is 48.3 Å². The lowest BCUT2D eigenvalue weighted by atomic mass is 9.97. The summed E-state index contributed by atoms with van der Waals surface area (Å²) < 4.78 is 42.4. The highest BCUT2D eigenvalue weighted by atomic mass is 19.4. The third kappa shape index (κ3) is 3.98. The molecule has 2 aromatic heterocycles. The molecule has 2 aliphatic rings. The third-order valence-electron chi connectivity index (χ3n) is 6.59. The minimum atomic E-state index is -5.03. The molecule has 4 rings (SSSR count). The van der Waals surface area contributed by atoms with Crippen molar-refractivity contribution in [3.8, 4) is 0 Å². The van der Waals surface area contributed by atoms with Crippen LogP contribution in [0.15, 0.2) is 23.0 Å². The Morgan fingerprint density at radius 3 is 2.42 bits per heavy atom. The molecule has 1 saturated heterocycles. The van der Waals surface area contributed by atoms with Crippen LogP contribution in [0.25, 0.3) is 16.7 Å². The lowest BCUT2D eigenvalue weighted by Gasteiger charge is -2.30. The molecule has 0 radical (unpaired) electrons. The minimum Gasteiger partial charge on any atom is -0.373 e. The summed E-state index contributed by atoms with van der Waals surface area (Å²) in [6.45, 7) is 7.52. The molecule has 0 bridgehead atoms. The summed E-state index contributed by atoms with van der Waals surface area (Å²) >= 11 is 0. The summed E-state index contributed by atoms with van der Waals surface area (Å²) in [7, 11) is 1.69. The molecule has 1 amide bonds. The summed E-state index contributed by atoms with van der Waals surface area (Å²) in [5.74, 6) is -1.44. The quantitative estimate of drug-likeness (QED) is 0.754. The number of imidazole rings is 1. The van der Waals surface area contributed by atoms with Gasteiger partial charge < -0.3 is 10.0 Å². The molecule has 3 heterocycles. The van der Waals surface area contributed by atoms with Crippen LogP contribution < -0.4 is 5.69 Å². The van der Waals surface area contributed by atoms with Crippen LogP contribution in [0.1, 0.15) is 39.8 Å². The molecule has 2 unspecified atom stereocenters. The smallest absolute Gasteiger partial charge is 0.373 e. The molecule has 0 saturated carbocycles. The SMILES string of the molecule is Cn1c(=O)n(CC(C)(C)C)c2ccc(C3=CC4CN(C(=O)[C@@](C)(O)C(F)(F)F)CC4C3)nc21. The second-order valence-electron chi connectivity index (χ2n) is 10.6. The number of hydrogen-bond acceptors (Lipinski definition) is 4. The second kappa shape index (κ2) is 7.44. The normalized spacial score (nSPS) is 23.1. The van der Waals surface area contributed by atoms with Crippen LogP contribution in [0.2, 0.25) is 0 Å². The van der Waals surface area contributed by atoms with Gasteiger partial charge in [0.25, 0.3) is 5.91 Å². The van der Waals surface area contributed by atoms with Crippen molar-refractivity contribution in [3.05, 3.63) is 34.4 Å². The highest BCUT2D eigenvalue weighted by Gasteiger charge is 2.58. The van der Waals surface area contributed by atoms with Crippen molar-refractivity contribution < 1.29 is 23.1 Å². The summed E-state index contributed by atoms with van der Waals surface area (Å²) in [5, 5.41) is 9.72. The molecule has 1 aliphatic carbocycles. The number of rotatable bonds is 3. The highest BCUT2D eigenvalue weighted by Crippen LogP contribution is 2.42. The average molecular weight is 467 g/mol. The van der Waals surface area contributed by atoms with Crippen molar-refractivity contribution in [2.24, 2.45) is 24.3 Å². The Balaban J connectivity index is 1.57. The van der Waals surface area contributed by atoms with Crippen molar-refractivity contribution in [1.82, 2.24) is 19.0 Å². The summed E-state index contributed by atoms with van der Waals surface area (Å²) in [5.41, 5.74) is -0.590. The number of carbonyl (C=O) groups excluding carboxylic acids is 1. The first-order valence-corrected chi connectivity index (χ1v) is 11.0. The van der Waals surface area contributed by atoms with E-state index < -0.39 is 17.7 Å². The van der Waals surface area contributed by atoms with Gasteiger partial charge in [-0.2, -0.15) is 13.2 Å². The lowest BCUT2D eigenvalue weighted by molar-refractivity contribution is -0.249. The molecular weight excluding hydrogens is 437 g/mol. The number of amides is 1. The maximum absolute atomic E-state index is 13.0. The van der Waals surface area contributed by atoms with E-state index in [0.29, 0.717) is 25.5 Å². The van der Waals surface area contributed by atoms with Crippen molar-refractivity contribution in [2.75, 3.05) is 13.1 Å². The van der Waals surface area contributed by atoms with Crippen LogP contribution in [0, 0.1) is 17.3 Å². The maximum Gasteiger partial charge on any atom is 0.426 e. The molecule has 3 atom stereocenters. The first-order valence-electron chi connectivity index (χ1n) is 11.0. The Morgan fingerprint density at radius 1 is 1.18 bits per heavy atom. The van der Waals surface area contributed by atoms with Crippen molar-refractivity contribution >= 4 is 22.6 Å². The third-order valence-corrected chi connectivity index (χ3v) is 6.59. The molecular formula is C23H29F3N4O3. The van der Waals surface area contributed by atoms with E-state index in [1.54, 1.807) is 11.6 Å². The Bertz CT molecular complexity index is 1200. The van der Waals surface area contributed by atoms with Gasteiger partial charge in [-0.25, -0.2) is 9.78 Å². The van der Waals surface area contributed by atoms with Crippen LogP contribution in [0.4, 0.5) is 13.2 Å². The number of likely N-dealkylation sites (tertiary alicyclic amines) is 1. The van der Waals surface area contributed by atoms with E-state index in [1.165, 1.54) is 4.57 Å². The van der Waals surface area contributed by atoms with E-state index in [9.17, 15) is 27.9 Å². The van der Waals surface area contributed by atoms with Crippen LogP contribution in [-0.4, -0.2) is 54.9 Å². The van der Waals surface area contributed by atoms with Gasteiger partial charge in [-0.15, -0.1) is 0 Å². The topological polar surface area (TPSA) is 80.4 Å². The number of fused-ring (bicyclic) bond motifs is 2. The Kier molecular flexibility index (Phi) is 5.31. The Morgan fingerprint density at radius 2 is 1.85 bits per heavy atom. The number of carbonyl (C=O) groups is 1. The number of aliphatic hydroxyl groups is 1. The fourth-order valence-electron chi connectivity index (χ4n) is 4.77. The van der Waals surface area contributed by atoms with Gasteiger partial charge in [-0.1, -0.05) is 26.8 Å². The van der Waals surface area contributed by atoms with Crippen molar-refractivity contribution in [1.29, 1.82) is 0 Å². The molecule has 1 fully saturated rings. The van der Waals surface area contributed by atoms with Gasteiger partial charge >= 0.3 is 11.9 Å². The molecule has 0 spiro atoms. The number of aromatic nitrogens is 3. The number of pyridine rings is 1. The standard InChI is InChI=1S/C23H29F3N4O3/c1-21(2,3)12-30-17-7-6-16(27-18(17)28(5)20(30)32)13-8-14-10-29(11-15(14)9-13)19(31)22(4,33)23(24,25)26/h6-8,14-15,33H,9-12H2,1-5H3/t14?,15?,22-/m1/s1. The zero-order valence-corrected chi connectivity index (χ0v) is 19.4. The molecule has 33 heavy (non-hydrogen) atoms. The van der Waals surface area contributed by atoms with Crippen LogP contribution >= 0.6 is 0 Å². The molecule has 180 valence electrons. The zero-order valence-electron chi connectivity index (χ0n) is 19.4. The van der Waals surface area contributed by atoms with E-state index in [-0.39, 0.29) is 36.0 Å². The lowest BCUT2D eigenvalue weighted by Crippen LogP contribution is -2.55. The van der Waals surface area contributed by atoms with Gasteiger partial charge in [0.05, 0.1) is 11.2 Å². The summed E-state index contributed by atoms with van der Waals surface area (Å²) in [4.78, 5) is 30.9. The van der Waals surface area contributed by atoms with E-state index in [0.717, 1.165) is 21.7 Å². The second-order valence-corrected chi connectivity index (χ2v) is 10.6. The van der Waals surface area contributed by atoms with Gasteiger partial charge in [0, 0.05) is 26.7 Å². The Labute approximate surface area is 189 Å². The highest BCUT2D eigenvalue weighted by molar-refractivity contribution is 5.86. The number of alkyl halides is 3. The van der Waals surface area contributed by atoms with Crippen LogP contribution in [0.5, 0.6) is 0 Å². The van der Waals surface area contributed by atoms with Gasteiger partial charge in [0.1, 0.15) is 0 Å². The van der Waals surface area contributed by atoms with E-state index in [2.05, 4.69) is 20.8 Å². The maximum atomic E-state index is 13.0. The monoisotopic (exact) mass is 466 g/mol. The molecule has 1 aliphatic heterocycles. The van der Waals surface area contributed by atoms with Gasteiger partial charge in [-0.3, -0.25) is 13.9 Å². The van der Waals surface area contributed by atoms with E-state index in [4.69, 9.17) is 4.98 Å². The number of hydrogen-bond donors (Lipinski definition) is 1. The first-order chi connectivity index (χ1) is 15.1. The fourth-order valence-corrected chi connectivity index (χ4v) is 4.77. The molecule has 2 aromatic rings. The predicted octanol–water partition coefficient (Wildman–Crippen LogP) is 2.96. The number of allylic oxidation sites excluding steroid dienone is 1. The summed E-state index contributed by atoms with van der Waals surface area (Å²) in [6.07, 6.45) is -2.50. The first kappa shape index (κ1) is 23.5. The fraction of sp³-hybridized carbons (Fsp3) is 0.609. The number of nitrogens with zero attached hydrogens (tertiary/aromatic N) is 4. The van der Waals surface area contributed by atoms with Crippen LogP contribution in [0.3, 0.4) is 0 Å². The van der Waals surface area contributed by atoms with E-state index in [1.807, 2.05) is 18.2 Å². The van der Waals surface area contributed by atoms with Crippen LogP contribution in [-0.2, 0) is 18.4 Å². The molecule has 10 heteroatoms. The largest absolute Gasteiger partial charge is 0.426 e. The molecule has 7 nitrogen and oxygen atoms in total. The molecule has 0 aromatic carbocycles. The predicted molar refractivity (Wildman–Crippen MR) is 117 cm³/mol. The van der Waals surface area contributed by atoms with Crippen molar-refractivity contribution in [3.63, 3.8) is 0 Å². The average Bonchev–Trinajstić information content (AvgIpc) is 3.33. The summed E-state index contributed by atoms with van der Waals surface area (Å²) in [6, 6.07) is 3.75. The minimum absolute atomic E-state index is 0.0280. The van der Waals surface area contributed by atoms with Gasteiger partial charge in [0.15, 0.2) is 5.65 Å². The van der Waals surface area contributed by atoms with E-state index >= 15 is 0 Å². The Hall–Kier alpha value is -2.62. The number of aryl methyl sites for hydroxylation is 1. The molecule has 1 N–H and O–H groups in total. The zero-order chi connectivity index (χ0) is 24.5.